The van der Waals surface area contributed by atoms with Gasteiger partial charge in [-0.3, -0.25) is 9.59 Å². The van der Waals surface area contributed by atoms with Gasteiger partial charge in [0.15, 0.2) is 5.78 Å². The molecule has 1 aliphatic heterocycles. The summed E-state index contributed by atoms with van der Waals surface area (Å²) in [5.41, 5.74) is 3.14. The summed E-state index contributed by atoms with van der Waals surface area (Å²) < 4.78 is 0. The molecule has 1 aromatic carbocycles. The molecule has 0 aliphatic carbocycles. The number of carbonyl (C=O) groups excluding carboxylic acids is 2. The monoisotopic (exact) mass is 251 g/mol. The summed E-state index contributed by atoms with van der Waals surface area (Å²) >= 11 is 5.59. The first-order chi connectivity index (χ1) is 8.08. The van der Waals surface area contributed by atoms with Gasteiger partial charge >= 0.3 is 0 Å². The van der Waals surface area contributed by atoms with Gasteiger partial charge in [-0.25, -0.2) is 0 Å². The molecule has 4 heteroatoms. The average Bonchev–Trinajstić information content (AvgIpc) is 2.63. The van der Waals surface area contributed by atoms with E-state index in [0.717, 1.165) is 17.5 Å². The molecular weight excluding hydrogens is 238 g/mol. The van der Waals surface area contributed by atoms with E-state index in [4.69, 9.17) is 11.6 Å². The van der Waals surface area contributed by atoms with Gasteiger partial charge < -0.3 is 5.32 Å². The second-order valence-electron chi connectivity index (χ2n) is 4.23. The molecule has 0 saturated heterocycles. The highest BCUT2D eigenvalue weighted by atomic mass is 35.5. The zero-order valence-electron chi connectivity index (χ0n) is 9.84. The molecule has 0 bridgehead atoms. The summed E-state index contributed by atoms with van der Waals surface area (Å²) in [6.45, 7) is 3.86. The molecular formula is C13H14ClNO2. The van der Waals surface area contributed by atoms with E-state index in [0.29, 0.717) is 11.3 Å². The molecule has 3 nitrogen and oxygen atoms in total. The van der Waals surface area contributed by atoms with Crippen molar-refractivity contribution in [2.75, 3.05) is 11.2 Å². The van der Waals surface area contributed by atoms with Gasteiger partial charge in [-0.05, 0) is 30.5 Å². The number of amides is 1. The van der Waals surface area contributed by atoms with Crippen molar-refractivity contribution in [1.82, 2.24) is 0 Å². The van der Waals surface area contributed by atoms with E-state index in [1.807, 2.05) is 26.0 Å². The van der Waals surface area contributed by atoms with Crippen LogP contribution in [-0.2, 0) is 11.2 Å². The normalized spacial score (nSPS) is 17.8. The quantitative estimate of drug-likeness (QED) is 0.663. The van der Waals surface area contributed by atoms with Crippen LogP contribution in [0.3, 0.4) is 0 Å². The second-order valence-corrected chi connectivity index (χ2v) is 4.50. The molecule has 2 rings (SSSR count). The lowest BCUT2D eigenvalue weighted by Crippen LogP contribution is -2.10. The van der Waals surface area contributed by atoms with Gasteiger partial charge in [0.1, 0.15) is 0 Å². The second kappa shape index (κ2) is 4.49. The van der Waals surface area contributed by atoms with E-state index in [-0.39, 0.29) is 23.5 Å². The number of rotatable bonds is 3. The Morgan fingerprint density at radius 1 is 1.47 bits per heavy atom. The van der Waals surface area contributed by atoms with Crippen LogP contribution < -0.4 is 5.32 Å². The maximum Gasteiger partial charge on any atom is 0.231 e. The van der Waals surface area contributed by atoms with Crippen molar-refractivity contribution in [3.63, 3.8) is 0 Å². The number of benzene rings is 1. The van der Waals surface area contributed by atoms with Crippen LogP contribution in [0.15, 0.2) is 12.1 Å². The Morgan fingerprint density at radius 3 is 2.76 bits per heavy atom. The van der Waals surface area contributed by atoms with Crippen molar-refractivity contribution in [2.24, 2.45) is 0 Å². The Labute approximate surface area is 105 Å². The van der Waals surface area contributed by atoms with E-state index in [2.05, 4.69) is 5.32 Å². The molecule has 1 aliphatic rings. The van der Waals surface area contributed by atoms with Crippen molar-refractivity contribution in [1.29, 1.82) is 0 Å². The lowest BCUT2D eigenvalue weighted by Gasteiger charge is -2.09. The van der Waals surface area contributed by atoms with Gasteiger partial charge in [0.05, 0.1) is 17.5 Å². The van der Waals surface area contributed by atoms with Crippen LogP contribution in [0.1, 0.15) is 41.3 Å². The zero-order chi connectivity index (χ0) is 12.6. The SMILES string of the molecule is CCc1cc(C(=O)CCl)c2c(c1)C(C)C(=O)N2. The zero-order valence-corrected chi connectivity index (χ0v) is 10.6. The number of hydrogen-bond donors (Lipinski definition) is 1. The minimum atomic E-state index is -0.196. The molecule has 1 heterocycles. The summed E-state index contributed by atoms with van der Waals surface area (Å²) in [5, 5.41) is 2.76. The molecule has 17 heavy (non-hydrogen) atoms. The van der Waals surface area contributed by atoms with Crippen molar-refractivity contribution >= 4 is 29.0 Å². The number of nitrogens with one attached hydrogen (secondary N) is 1. The number of fused-ring (bicyclic) bond motifs is 1. The number of carbonyl (C=O) groups is 2. The lowest BCUT2D eigenvalue weighted by atomic mass is 9.95. The summed E-state index contributed by atoms with van der Waals surface area (Å²) in [6, 6.07) is 3.81. The third-order valence-corrected chi connectivity index (χ3v) is 3.41. The maximum absolute atomic E-state index is 11.8. The standard InChI is InChI=1S/C13H14ClNO2/c1-3-8-4-9-7(2)13(17)15-12(9)10(5-8)11(16)6-14/h4-5,7H,3,6H2,1-2H3,(H,15,17). The summed E-state index contributed by atoms with van der Waals surface area (Å²) in [6.07, 6.45) is 0.830. The minimum absolute atomic E-state index is 0.0584. The van der Waals surface area contributed by atoms with E-state index in [1.165, 1.54) is 0 Å². The van der Waals surface area contributed by atoms with Gasteiger partial charge in [-0.15, -0.1) is 11.6 Å². The van der Waals surface area contributed by atoms with Crippen molar-refractivity contribution in [3.8, 4) is 0 Å². The average molecular weight is 252 g/mol. The molecule has 90 valence electrons. The minimum Gasteiger partial charge on any atom is -0.325 e. The fourth-order valence-corrected chi connectivity index (χ4v) is 2.22. The van der Waals surface area contributed by atoms with Gasteiger partial charge in [0.25, 0.3) is 0 Å². The smallest absolute Gasteiger partial charge is 0.231 e. The van der Waals surface area contributed by atoms with Crippen LogP contribution in [0.2, 0.25) is 0 Å². The molecule has 0 saturated carbocycles. The summed E-state index contributed by atoms with van der Waals surface area (Å²) in [5.74, 6) is -0.466. The first-order valence-corrected chi connectivity index (χ1v) is 6.18. The van der Waals surface area contributed by atoms with E-state index in [9.17, 15) is 9.59 Å². The van der Waals surface area contributed by atoms with Crippen LogP contribution in [0.5, 0.6) is 0 Å². The predicted molar refractivity (Wildman–Crippen MR) is 67.9 cm³/mol. The lowest BCUT2D eigenvalue weighted by molar-refractivity contribution is -0.116. The number of aryl methyl sites for hydroxylation is 1. The van der Waals surface area contributed by atoms with Gasteiger partial charge in [-0.2, -0.15) is 0 Å². The molecule has 0 spiro atoms. The van der Waals surface area contributed by atoms with E-state index in [1.54, 1.807) is 0 Å². The number of halogens is 1. The van der Waals surface area contributed by atoms with E-state index < -0.39 is 0 Å². The molecule has 1 N–H and O–H groups in total. The van der Waals surface area contributed by atoms with Gasteiger partial charge in [-0.1, -0.05) is 13.0 Å². The third kappa shape index (κ3) is 1.95. The topological polar surface area (TPSA) is 46.2 Å². The van der Waals surface area contributed by atoms with Crippen LogP contribution in [0.4, 0.5) is 5.69 Å². The van der Waals surface area contributed by atoms with Crippen molar-refractivity contribution in [3.05, 3.63) is 28.8 Å². The number of ketones is 1. The molecule has 0 fully saturated rings. The molecule has 1 atom stereocenters. The first kappa shape index (κ1) is 12.1. The van der Waals surface area contributed by atoms with E-state index >= 15 is 0 Å². The number of anilines is 1. The van der Waals surface area contributed by atoms with Gasteiger partial charge in [0.2, 0.25) is 5.91 Å². The summed E-state index contributed by atoms with van der Waals surface area (Å²) in [4.78, 5) is 23.4. The molecule has 1 unspecified atom stereocenters. The number of alkyl halides is 1. The van der Waals surface area contributed by atoms with Crippen molar-refractivity contribution < 1.29 is 9.59 Å². The summed E-state index contributed by atoms with van der Waals surface area (Å²) in [7, 11) is 0. The van der Waals surface area contributed by atoms with Crippen molar-refractivity contribution in [2.45, 2.75) is 26.2 Å². The number of Topliss-reactive ketones (excluding diaryl/α,β-unsaturated/α-hetero) is 1. The third-order valence-electron chi connectivity index (χ3n) is 3.17. The van der Waals surface area contributed by atoms with Gasteiger partial charge in [0, 0.05) is 5.56 Å². The van der Waals surface area contributed by atoms with Crippen LogP contribution in [0.25, 0.3) is 0 Å². The Morgan fingerprint density at radius 2 is 2.18 bits per heavy atom. The highest BCUT2D eigenvalue weighted by Gasteiger charge is 2.30. The number of hydrogen-bond acceptors (Lipinski definition) is 2. The first-order valence-electron chi connectivity index (χ1n) is 5.65. The molecule has 0 radical (unpaired) electrons. The Balaban J connectivity index is 2.61. The van der Waals surface area contributed by atoms with Crippen LogP contribution >= 0.6 is 11.6 Å². The molecule has 1 aromatic rings. The Hall–Kier alpha value is -1.35. The maximum atomic E-state index is 11.8. The fourth-order valence-electron chi connectivity index (χ4n) is 2.08. The van der Waals surface area contributed by atoms with Crippen LogP contribution in [0, 0.1) is 0 Å². The fraction of sp³-hybridized carbons (Fsp3) is 0.385. The highest BCUT2D eigenvalue weighted by molar-refractivity contribution is 6.31. The van der Waals surface area contributed by atoms with Crippen LogP contribution in [-0.4, -0.2) is 17.6 Å². The predicted octanol–water partition coefficient (Wildman–Crippen LogP) is 2.73. The Kier molecular flexibility index (Phi) is 3.20. The Bertz CT molecular complexity index is 496. The largest absolute Gasteiger partial charge is 0.325 e. The highest BCUT2D eigenvalue weighted by Crippen LogP contribution is 2.36. The molecule has 0 aromatic heterocycles. The molecule has 1 amide bonds.